The Balaban J connectivity index is 2.04. The van der Waals surface area contributed by atoms with Gasteiger partial charge in [0.15, 0.2) is 0 Å². The fraction of sp³-hybridized carbons (Fsp3) is 0.167. The number of amides is 2. The van der Waals surface area contributed by atoms with Crippen LogP contribution in [0.15, 0.2) is 84.9 Å². The number of nitrogens with two attached hydrogens (primary N) is 1. The average Bonchev–Trinajstić information content (AvgIpc) is 2.74. The number of carbonyl (C=O) groups is 2. The van der Waals surface area contributed by atoms with Crippen LogP contribution in [0.1, 0.15) is 40.0 Å². The van der Waals surface area contributed by atoms with Crippen molar-refractivity contribution in [2.75, 3.05) is 0 Å². The maximum Gasteiger partial charge on any atom is 0.255 e. The second-order valence-electron chi connectivity index (χ2n) is 6.69. The Labute approximate surface area is 165 Å². The van der Waals surface area contributed by atoms with Crippen molar-refractivity contribution < 1.29 is 9.59 Å². The van der Waals surface area contributed by atoms with Crippen molar-refractivity contribution in [1.29, 1.82) is 0 Å². The Bertz CT molecular complexity index is 939. The van der Waals surface area contributed by atoms with E-state index in [2.05, 4.69) is 19.1 Å². The molecule has 0 aliphatic carbocycles. The number of benzene rings is 3. The van der Waals surface area contributed by atoms with Crippen LogP contribution in [0.25, 0.3) is 0 Å². The number of primary amides is 1. The van der Waals surface area contributed by atoms with Crippen molar-refractivity contribution in [3.05, 3.63) is 107 Å². The molecule has 0 fully saturated rings. The van der Waals surface area contributed by atoms with Crippen molar-refractivity contribution in [1.82, 2.24) is 4.90 Å². The quantitative estimate of drug-likeness (QED) is 0.678. The lowest BCUT2D eigenvalue weighted by Crippen LogP contribution is -2.41. The van der Waals surface area contributed by atoms with E-state index in [4.69, 9.17) is 5.73 Å². The molecule has 0 aliphatic heterocycles. The molecule has 0 aliphatic rings. The van der Waals surface area contributed by atoms with Crippen LogP contribution < -0.4 is 5.73 Å². The smallest absolute Gasteiger partial charge is 0.255 e. The number of aryl methyl sites for hydroxylation is 1. The number of rotatable bonds is 7. The highest BCUT2D eigenvalue weighted by Crippen LogP contribution is 2.25. The van der Waals surface area contributed by atoms with Gasteiger partial charge < -0.3 is 10.6 Å². The molecule has 0 heterocycles. The standard InChI is InChI=1S/C24H24N2O2/c1-2-18-10-9-11-19(16-18)17-26(24(28)21-14-7-4-8-15-21)22(23(25)27)20-12-5-3-6-13-20/h3-16,22H,2,17H2,1H3,(H2,25,27)/t22-/m1/s1. The van der Waals surface area contributed by atoms with Gasteiger partial charge in [0.05, 0.1) is 0 Å². The zero-order chi connectivity index (χ0) is 19.9. The first-order valence-electron chi connectivity index (χ1n) is 9.38. The summed E-state index contributed by atoms with van der Waals surface area (Å²) in [6.45, 7) is 2.38. The first-order chi connectivity index (χ1) is 13.6. The molecular weight excluding hydrogens is 348 g/mol. The Morgan fingerprint density at radius 2 is 1.46 bits per heavy atom. The molecule has 0 spiro atoms. The Kier molecular flexibility index (Phi) is 6.22. The van der Waals surface area contributed by atoms with Crippen LogP contribution in [0.3, 0.4) is 0 Å². The van der Waals surface area contributed by atoms with Crippen LogP contribution in [0.2, 0.25) is 0 Å². The van der Waals surface area contributed by atoms with Crippen molar-refractivity contribution in [3.8, 4) is 0 Å². The van der Waals surface area contributed by atoms with Crippen LogP contribution in [-0.4, -0.2) is 16.7 Å². The van der Waals surface area contributed by atoms with E-state index in [0.29, 0.717) is 17.7 Å². The summed E-state index contributed by atoms with van der Waals surface area (Å²) in [5, 5.41) is 0. The minimum atomic E-state index is -0.848. The minimum absolute atomic E-state index is 0.227. The highest BCUT2D eigenvalue weighted by molar-refractivity contribution is 5.97. The van der Waals surface area contributed by atoms with E-state index in [0.717, 1.165) is 12.0 Å². The molecule has 0 radical (unpaired) electrons. The van der Waals surface area contributed by atoms with Gasteiger partial charge in [0.25, 0.3) is 5.91 Å². The zero-order valence-corrected chi connectivity index (χ0v) is 15.9. The molecule has 3 rings (SSSR count). The Morgan fingerprint density at radius 1 is 0.857 bits per heavy atom. The van der Waals surface area contributed by atoms with Gasteiger partial charge in [-0.15, -0.1) is 0 Å². The second kappa shape index (κ2) is 9.00. The van der Waals surface area contributed by atoms with Gasteiger partial charge in [0.2, 0.25) is 5.91 Å². The summed E-state index contributed by atoms with van der Waals surface area (Å²) in [5.41, 5.74) is 9.13. The zero-order valence-electron chi connectivity index (χ0n) is 15.9. The highest BCUT2D eigenvalue weighted by atomic mass is 16.2. The largest absolute Gasteiger partial charge is 0.368 e. The van der Waals surface area contributed by atoms with Crippen LogP contribution in [0, 0.1) is 0 Å². The summed E-state index contributed by atoms with van der Waals surface area (Å²) in [7, 11) is 0. The lowest BCUT2D eigenvalue weighted by molar-refractivity contribution is -0.122. The fourth-order valence-electron chi connectivity index (χ4n) is 3.30. The van der Waals surface area contributed by atoms with Gasteiger partial charge in [-0.2, -0.15) is 0 Å². The molecule has 3 aromatic carbocycles. The van der Waals surface area contributed by atoms with Gasteiger partial charge >= 0.3 is 0 Å². The minimum Gasteiger partial charge on any atom is -0.368 e. The molecule has 2 amide bonds. The normalized spacial score (nSPS) is 11.6. The van der Waals surface area contributed by atoms with Crippen LogP contribution in [0.4, 0.5) is 0 Å². The van der Waals surface area contributed by atoms with Gasteiger partial charge in [0, 0.05) is 12.1 Å². The molecule has 4 nitrogen and oxygen atoms in total. The van der Waals surface area contributed by atoms with Crippen molar-refractivity contribution in [2.24, 2.45) is 5.73 Å². The van der Waals surface area contributed by atoms with E-state index in [-0.39, 0.29) is 5.91 Å². The molecule has 0 unspecified atom stereocenters. The Hall–Kier alpha value is -3.40. The molecule has 0 aromatic heterocycles. The Morgan fingerprint density at radius 3 is 2.07 bits per heavy atom. The summed E-state index contributed by atoms with van der Waals surface area (Å²) in [6.07, 6.45) is 0.901. The molecule has 4 heteroatoms. The van der Waals surface area contributed by atoms with Crippen molar-refractivity contribution in [3.63, 3.8) is 0 Å². The third-order valence-corrected chi connectivity index (χ3v) is 4.73. The third-order valence-electron chi connectivity index (χ3n) is 4.73. The summed E-state index contributed by atoms with van der Waals surface area (Å²) >= 11 is 0. The average molecular weight is 372 g/mol. The van der Waals surface area contributed by atoms with E-state index in [9.17, 15) is 9.59 Å². The maximum atomic E-state index is 13.3. The van der Waals surface area contributed by atoms with E-state index in [1.807, 2.05) is 60.7 Å². The fourth-order valence-corrected chi connectivity index (χ4v) is 3.30. The highest BCUT2D eigenvalue weighted by Gasteiger charge is 2.30. The summed E-state index contributed by atoms with van der Waals surface area (Å²) in [6, 6.07) is 25.4. The molecule has 2 N–H and O–H groups in total. The van der Waals surface area contributed by atoms with Crippen LogP contribution in [-0.2, 0) is 17.8 Å². The van der Waals surface area contributed by atoms with Gasteiger partial charge in [-0.1, -0.05) is 79.7 Å². The monoisotopic (exact) mass is 372 g/mol. The molecule has 0 saturated carbocycles. The van der Waals surface area contributed by atoms with E-state index in [1.165, 1.54) is 5.56 Å². The molecule has 142 valence electrons. The lowest BCUT2D eigenvalue weighted by atomic mass is 10.0. The SMILES string of the molecule is CCc1cccc(CN(C(=O)c2ccccc2)[C@@H](C(N)=O)c2ccccc2)c1. The lowest BCUT2D eigenvalue weighted by Gasteiger charge is -2.30. The predicted octanol–water partition coefficient (Wildman–Crippen LogP) is 4.12. The summed E-state index contributed by atoms with van der Waals surface area (Å²) < 4.78 is 0. The molecule has 0 bridgehead atoms. The molecule has 1 atom stereocenters. The molecular formula is C24H24N2O2. The number of nitrogens with zero attached hydrogens (tertiary/aromatic N) is 1. The molecule has 3 aromatic rings. The topological polar surface area (TPSA) is 63.4 Å². The van der Waals surface area contributed by atoms with Gasteiger partial charge in [-0.05, 0) is 35.2 Å². The number of hydrogen-bond donors (Lipinski definition) is 1. The van der Waals surface area contributed by atoms with Gasteiger partial charge in [-0.25, -0.2) is 0 Å². The van der Waals surface area contributed by atoms with Crippen LogP contribution >= 0.6 is 0 Å². The summed E-state index contributed by atoms with van der Waals surface area (Å²) in [5.74, 6) is -0.780. The first-order valence-corrected chi connectivity index (χ1v) is 9.38. The first kappa shape index (κ1) is 19.4. The predicted molar refractivity (Wildman–Crippen MR) is 111 cm³/mol. The molecule has 28 heavy (non-hydrogen) atoms. The number of carbonyl (C=O) groups excluding carboxylic acids is 2. The van der Waals surface area contributed by atoms with Crippen molar-refractivity contribution in [2.45, 2.75) is 25.9 Å². The second-order valence-corrected chi connectivity index (χ2v) is 6.69. The maximum absolute atomic E-state index is 13.3. The van der Waals surface area contributed by atoms with Crippen molar-refractivity contribution >= 4 is 11.8 Å². The van der Waals surface area contributed by atoms with E-state index < -0.39 is 11.9 Å². The van der Waals surface area contributed by atoms with Crippen LogP contribution in [0.5, 0.6) is 0 Å². The molecule has 0 saturated heterocycles. The number of hydrogen-bond acceptors (Lipinski definition) is 2. The van der Waals surface area contributed by atoms with Gasteiger partial charge in [-0.3, -0.25) is 9.59 Å². The van der Waals surface area contributed by atoms with Gasteiger partial charge in [0.1, 0.15) is 6.04 Å². The summed E-state index contributed by atoms with van der Waals surface area (Å²) in [4.78, 5) is 27.3. The van der Waals surface area contributed by atoms with E-state index in [1.54, 1.807) is 17.0 Å². The van der Waals surface area contributed by atoms with E-state index >= 15 is 0 Å². The third kappa shape index (κ3) is 4.46.